The predicted molar refractivity (Wildman–Crippen MR) is 246 cm³/mol. The van der Waals surface area contributed by atoms with Gasteiger partial charge in [-0.2, -0.15) is 0 Å². The summed E-state index contributed by atoms with van der Waals surface area (Å²) in [6.45, 7) is 0. The number of fused-ring (bicyclic) bond motifs is 7. The van der Waals surface area contributed by atoms with Crippen LogP contribution in [0.25, 0.3) is 117 Å². The average Bonchev–Trinajstić information content (AvgIpc) is 3.86. The third-order valence-electron chi connectivity index (χ3n) is 11.7. The van der Waals surface area contributed by atoms with Gasteiger partial charge in [-0.15, -0.1) is 0 Å². The van der Waals surface area contributed by atoms with Crippen LogP contribution < -0.4 is 0 Å². The van der Waals surface area contributed by atoms with E-state index in [1.54, 1.807) is 0 Å². The second-order valence-electron chi connectivity index (χ2n) is 15.2. The Kier molecular flexibility index (Phi) is 7.78. The Balaban J connectivity index is 1.15. The van der Waals surface area contributed by atoms with Crippen LogP contribution in [0.5, 0.6) is 0 Å². The summed E-state index contributed by atoms with van der Waals surface area (Å²) < 4.78 is 9.15. The third-order valence-corrected chi connectivity index (χ3v) is 11.7. The summed E-state index contributed by atoms with van der Waals surface area (Å²) in [6.07, 6.45) is 0. The molecule has 0 fully saturated rings. The molecule has 0 N–H and O–H groups in total. The minimum Gasteiger partial charge on any atom is -0.455 e. The highest BCUT2D eigenvalue weighted by Crippen LogP contribution is 2.43. The Morgan fingerprint density at radius 1 is 0.333 bits per heavy atom. The van der Waals surface area contributed by atoms with Crippen molar-refractivity contribution in [3.8, 4) is 62.1 Å². The van der Waals surface area contributed by atoms with Crippen molar-refractivity contribution in [1.29, 1.82) is 0 Å². The molecule has 5 nitrogen and oxygen atoms in total. The van der Waals surface area contributed by atoms with Crippen LogP contribution in [-0.2, 0) is 0 Å². The average molecular weight is 767 g/mol. The van der Waals surface area contributed by atoms with Crippen molar-refractivity contribution in [1.82, 2.24) is 19.5 Å². The highest BCUT2D eigenvalue weighted by atomic mass is 16.3. The van der Waals surface area contributed by atoms with E-state index >= 15 is 0 Å². The van der Waals surface area contributed by atoms with Crippen LogP contribution in [0, 0.1) is 0 Å². The number of nitrogens with zero attached hydrogens (tertiary/aromatic N) is 4. The molecule has 0 radical (unpaired) electrons. The van der Waals surface area contributed by atoms with E-state index in [9.17, 15) is 0 Å². The van der Waals surface area contributed by atoms with Gasteiger partial charge >= 0.3 is 0 Å². The summed E-state index contributed by atoms with van der Waals surface area (Å²) in [5.74, 6) is 1.80. The lowest BCUT2D eigenvalue weighted by atomic mass is 9.97. The molecule has 0 saturated carbocycles. The zero-order valence-corrected chi connectivity index (χ0v) is 32.3. The molecule has 0 unspecified atom stereocenters. The third kappa shape index (κ3) is 5.52. The number of hydrogen-bond donors (Lipinski definition) is 0. The van der Waals surface area contributed by atoms with Crippen molar-refractivity contribution in [2.75, 3.05) is 0 Å². The molecule has 0 amide bonds. The second-order valence-corrected chi connectivity index (χ2v) is 15.2. The molecule has 0 aliphatic rings. The van der Waals surface area contributed by atoms with E-state index in [0.717, 1.165) is 77.6 Å². The molecule has 3 heterocycles. The lowest BCUT2D eigenvalue weighted by molar-refractivity contribution is 0.670. The Morgan fingerprint density at radius 2 is 0.933 bits per heavy atom. The van der Waals surface area contributed by atoms with Crippen molar-refractivity contribution < 1.29 is 4.42 Å². The molecule has 3 aromatic heterocycles. The van der Waals surface area contributed by atoms with Crippen LogP contribution >= 0.6 is 0 Å². The van der Waals surface area contributed by atoms with Gasteiger partial charge in [0.25, 0.3) is 0 Å². The van der Waals surface area contributed by atoms with E-state index < -0.39 is 0 Å². The molecule has 0 aliphatic carbocycles. The van der Waals surface area contributed by atoms with Gasteiger partial charge in [0.1, 0.15) is 11.2 Å². The van der Waals surface area contributed by atoms with Gasteiger partial charge in [0.05, 0.1) is 16.7 Å². The lowest BCUT2D eigenvalue weighted by Crippen LogP contribution is -2.02. The van der Waals surface area contributed by atoms with E-state index in [-0.39, 0.29) is 0 Å². The summed E-state index contributed by atoms with van der Waals surface area (Å²) in [7, 11) is 0. The molecule has 5 heteroatoms. The predicted octanol–water partition coefficient (Wildman–Crippen LogP) is 14.4. The highest BCUT2D eigenvalue weighted by molar-refractivity contribution is 6.15. The van der Waals surface area contributed by atoms with Gasteiger partial charge in [-0.25, -0.2) is 15.0 Å². The van der Waals surface area contributed by atoms with E-state index in [1.165, 1.54) is 21.5 Å². The molecule has 12 rings (SSSR count). The molecule has 60 heavy (non-hydrogen) atoms. The van der Waals surface area contributed by atoms with Gasteiger partial charge in [-0.1, -0.05) is 164 Å². The fourth-order valence-corrected chi connectivity index (χ4v) is 8.85. The van der Waals surface area contributed by atoms with Crippen molar-refractivity contribution >= 4 is 54.5 Å². The summed E-state index contributed by atoms with van der Waals surface area (Å²) >= 11 is 0. The summed E-state index contributed by atoms with van der Waals surface area (Å²) in [5, 5.41) is 6.95. The fourth-order valence-electron chi connectivity index (χ4n) is 8.85. The Labute approximate surface area is 345 Å². The quantitative estimate of drug-likeness (QED) is 0.169. The normalized spacial score (nSPS) is 11.7. The van der Waals surface area contributed by atoms with Crippen LogP contribution in [0.2, 0.25) is 0 Å². The number of furan rings is 1. The number of rotatable bonds is 6. The van der Waals surface area contributed by atoms with Gasteiger partial charge < -0.3 is 8.98 Å². The standard InChI is InChI=1S/C55H34N4O/c1-3-16-35(17-4-1)40-22-9-10-25-45(40)55-57-53(36-18-5-2-6-19-36)56-54(58-55)39-30-31-49(47(33-39)44-27-15-26-43-42-24-12-14-29-51(42)60-52(43)44)59-48-28-13-11-23-41(48)46-32-37-20-7-8-21-38(37)34-50(46)59/h1-34H. The van der Waals surface area contributed by atoms with E-state index in [0.29, 0.717) is 17.5 Å². The fraction of sp³-hybridized carbons (Fsp3) is 0. The molecular formula is C55H34N4O. The van der Waals surface area contributed by atoms with Crippen molar-refractivity contribution in [2.24, 2.45) is 0 Å². The minimum atomic E-state index is 0.583. The number of benzene rings is 9. The number of aromatic nitrogens is 4. The first-order valence-electron chi connectivity index (χ1n) is 20.2. The molecule has 0 saturated heterocycles. The maximum absolute atomic E-state index is 6.75. The van der Waals surface area contributed by atoms with Gasteiger partial charge in [0.15, 0.2) is 17.5 Å². The summed E-state index contributed by atoms with van der Waals surface area (Å²) in [5.41, 5.74) is 11.8. The van der Waals surface area contributed by atoms with Crippen molar-refractivity contribution in [3.63, 3.8) is 0 Å². The summed E-state index contributed by atoms with van der Waals surface area (Å²) in [6, 6.07) is 72.1. The maximum Gasteiger partial charge on any atom is 0.164 e. The first-order chi connectivity index (χ1) is 29.7. The number of hydrogen-bond acceptors (Lipinski definition) is 4. The van der Waals surface area contributed by atoms with Gasteiger partial charge in [-0.3, -0.25) is 0 Å². The lowest BCUT2D eigenvalue weighted by Gasteiger charge is -2.17. The monoisotopic (exact) mass is 766 g/mol. The first kappa shape index (κ1) is 33.9. The number of para-hydroxylation sites is 3. The Bertz CT molecular complexity index is 3610. The molecular weight excluding hydrogens is 733 g/mol. The molecule has 0 atom stereocenters. The smallest absolute Gasteiger partial charge is 0.164 e. The van der Waals surface area contributed by atoms with E-state index in [2.05, 4.69) is 168 Å². The first-order valence-corrected chi connectivity index (χ1v) is 20.2. The Morgan fingerprint density at radius 3 is 1.75 bits per heavy atom. The van der Waals surface area contributed by atoms with Crippen molar-refractivity contribution in [3.05, 3.63) is 206 Å². The molecule has 0 bridgehead atoms. The topological polar surface area (TPSA) is 56.7 Å². The summed E-state index contributed by atoms with van der Waals surface area (Å²) in [4.78, 5) is 15.6. The Hall–Kier alpha value is -8.15. The SMILES string of the molecule is c1ccc(-c2nc(-c3ccc(-n4c5ccccc5c5cc6ccccc6cc54)c(-c4cccc5c4oc4ccccc45)c3)nc(-c3ccccc3-c3ccccc3)n2)cc1. The maximum atomic E-state index is 6.75. The van der Waals surface area contributed by atoms with Crippen LogP contribution in [0.3, 0.4) is 0 Å². The van der Waals surface area contributed by atoms with Crippen LogP contribution in [-0.4, -0.2) is 19.5 Å². The van der Waals surface area contributed by atoms with E-state index in [1.807, 2.05) is 42.5 Å². The van der Waals surface area contributed by atoms with Crippen LogP contribution in [0.1, 0.15) is 0 Å². The molecule has 280 valence electrons. The largest absolute Gasteiger partial charge is 0.455 e. The van der Waals surface area contributed by atoms with E-state index in [4.69, 9.17) is 19.4 Å². The van der Waals surface area contributed by atoms with Crippen molar-refractivity contribution in [2.45, 2.75) is 0 Å². The molecule has 0 spiro atoms. The van der Waals surface area contributed by atoms with Crippen LogP contribution in [0.15, 0.2) is 211 Å². The highest BCUT2D eigenvalue weighted by Gasteiger charge is 2.22. The molecule has 9 aromatic carbocycles. The van der Waals surface area contributed by atoms with Gasteiger partial charge in [0.2, 0.25) is 0 Å². The zero-order chi connectivity index (χ0) is 39.6. The van der Waals surface area contributed by atoms with Gasteiger partial charge in [0, 0.05) is 49.4 Å². The zero-order valence-electron chi connectivity index (χ0n) is 32.3. The second kappa shape index (κ2) is 13.8. The van der Waals surface area contributed by atoms with Crippen LogP contribution in [0.4, 0.5) is 0 Å². The minimum absolute atomic E-state index is 0.583. The molecule has 12 aromatic rings. The van der Waals surface area contributed by atoms with Gasteiger partial charge in [-0.05, 0) is 64.4 Å². The molecule has 0 aliphatic heterocycles.